The van der Waals surface area contributed by atoms with Gasteiger partial charge in [0.15, 0.2) is 5.65 Å². The van der Waals surface area contributed by atoms with E-state index in [1.807, 2.05) is 53.0 Å². The lowest BCUT2D eigenvalue weighted by Gasteiger charge is -2.34. The minimum Gasteiger partial charge on any atom is -0.444 e. The van der Waals surface area contributed by atoms with Crippen LogP contribution in [0, 0.1) is 0 Å². The highest BCUT2D eigenvalue weighted by Gasteiger charge is 2.31. The summed E-state index contributed by atoms with van der Waals surface area (Å²) in [6.07, 6.45) is 5.07. The second kappa shape index (κ2) is 8.92. The maximum atomic E-state index is 12.6. The second-order valence-electron chi connectivity index (χ2n) is 8.90. The molecular weight excluding hydrogens is 418 g/mol. The first-order chi connectivity index (χ1) is 14.5. The molecule has 1 fully saturated rings. The fraction of sp³-hybridized carbons (Fsp3) is 0.571. The van der Waals surface area contributed by atoms with Gasteiger partial charge in [0.1, 0.15) is 16.4 Å². The summed E-state index contributed by atoms with van der Waals surface area (Å²) in [7, 11) is 3.75. The maximum Gasteiger partial charge on any atom is 0.410 e. The number of carbonyl (C=O) groups is 1. The summed E-state index contributed by atoms with van der Waals surface area (Å²) >= 11 is 6.62. The number of carbonyl (C=O) groups excluding carboxylic acids is 1. The van der Waals surface area contributed by atoms with Gasteiger partial charge in [-0.25, -0.2) is 15.2 Å². The second-order valence-corrected chi connectivity index (χ2v) is 9.28. The smallest absolute Gasteiger partial charge is 0.410 e. The highest BCUT2D eigenvalue weighted by molar-refractivity contribution is 6.33. The first kappa shape index (κ1) is 23.1. The average Bonchev–Trinajstić information content (AvgIpc) is 3.13. The van der Waals surface area contributed by atoms with Crippen molar-refractivity contribution >= 4 is 34.7 Å². The van der Waals surface area contributed by atoms with Gasteiger partial charge in [-0.05, 0) is 46.1 Å². The maximum absolute atomic E-state index is 12.6. The summed E-state index contributed by atoms with van der Waals surface area (Å²) in [5, 5.41) is 6.61. The molecule has 0 aromatic carbocycles. The number of hydrogen-bond donors (Lipinski definition) is 2. The van der Waals surface area contributed by atoms with Crippen LogP contribution >= 0.6 is 11.6 Å². The van der Waals surface area contributed by atoms with E-state index in [9.17, 15) is 4.79 Å². The van der Waals surface area contributed by atoms with Gasteiger partial charge in [-0.2, -0.15) is 9.61 Å². The van der Waals surface area contributed by atoms with Crippen LogP contribution < -0.4 is 11.2 Å². The molecule has 9 nitrogen and oxygen atoms in total. The molecule has 1 atom stereocenters. The van der Waals surface area contributed by atoms with E-state index >= 15 is 0 Å². The third-order valence-corrected chi connectivity index (χ3v) is 5.66. The first-order valence-electron chi connectivity index (χ1n) is 10.4. The fourth-order valence-corrected chi connectivity index (χ4v) is 3.96. The van der Waals surface area contributed by atoms with Crippen LogP contribution in [0.15, 0.2) is 12.4 Å². The molecule has 0 spiro atoms. The minimum absolute atomic E-state index is 0.0342. The van der Waals surface area contributed by atoms with E-state index in [0.29, 0.717) is 35.3 Å². The number of fused-ring (bicyclic) bond motifs is 1. The Hall–Kier alpha value is -2.52. The molecule has 0 radical (unpaired) electrons. The Balaban J connectivity index is 1.96. The SMILES string of the molecule is CNN(C)/C=C(\C)c1cnn2c(N)c(Cl)c(C3CCCN(C(=O)OC(C)(C)C)C3)nc12. The van der Waals surface area contributed by atoms with Gasteiger partial charge in [-0.1, -0.05) is 11.6 Å². The Labute approximate surface area is 188 Å². The van der Waals surface area contributed by atoms with Gasteiger partial charge in [-0.3, -0.25) is 0 Å². The zero-order chi connectivity index (χ0) is 22.9. The summed E-state index contributed by atoms with van der Waals surface area (Å²) in [6.45, 7) is 8.71. The third kappa shape index (κ3) is 5.04. The van der Waals surface area contributed by atoms with Gasteiger partial charge >= 0.3 is 6.09 Å². The molecule has 0 aliphatic carbocycles. The molecule has 2 aromatic rings. The zero-order valence-electron chi connectivity index (χ0n) is 19.1. The molecule has 1 aliphatic rings. The predicted molar refractivity (Wildman–Crippen MR) is 123 cm³/mol. The highest BCUT2D eigenvalue weighted by atomic mass is 35.5. The van der Waals surface area contributed by atoms with Crippen molar-refractivity contribution in [2.45, 2.75) is 52.1 Å². The topological polar surface area (TPSA) is 101 Å². The number of anilines is 1. The lowest BCUT2D eigenvalue weighted by molar-refractivity contribution is 0.0197. The number of amides is 1. The van der Waals surface area contributed by atoms with Crippen LogP contribution in [0.2, 0.25) is 5.02 Å². The van der Waals surface area contributed by atoms with Crippen molar-refractivity contribution in [2.75, 3.05) is 32.9 Å². The number of piperidine rings is 1. The van der Waals surface area contributed by atoms with Gasteiger partial charge in [0.2, 0.25) is 0 Å². The molecule has 1 amide bonds. The number of likely N-dealkylation sites (tertiary alicyclic amines) is 1. The first-order valence-corrected chi connectivity index (χ1v) is 10.8. The van der Waals surface area contributed by atoms with Crippen LogP contribution in [0.4, 0.5) is 10.6 Å². The molecule has 170 valence electrons. The number of hydrogen-bond acceptors (Lipinski definition) is 7. The summed E-state index contributed by atoms with van der Waals surface area (Å²) < 4.78 is 7.11. The van der Waals surface area contributed by atoms with E-state index in [-0.39, 0.29) is 12.0 Å². The predicted octanol–water partition coefficient (Wildman–Crippen LogP) is 3.51. The van der Waals surface area contributed by atoms with E-state index in [1.54, 1.807) is 15.6 Å². The number of nitrogens with zero attached hydrogens (tertiary/aromatic N) is 5. The number of allylic oxidation sites excluding steroid dienone is 1. The van der Waals surface area contributed by atoms with Crippen LogP contribution in [0.3, 0.4) is 0 Å². The number of aromatic nitrogens is 3. The summed E-state index contributed by atoms with van der Waals surface area (Å²) in [5.41, 5.74) is 12.0. The summed E-state index contributed by atoms with van der Waals surface area (Å²) in [6, 6.07) is 0. The van der Waals surface area contributed by atoms with Crippen LogP contribution in [-0.2, 0) is 4.74 Å². The Bertz CT molecular complexity index is 996. The van der Waals surface area contributed by atoms with E-state index in [1.165, 1.54) is 0 Å². The number of nitrogens with one attached hydrogen (secondary N) is 1. The number of nitrogens with two attached hydrogens (primary N) is 1. The lowest BCUT2D eigenvalue weighted by atomic mass is 9.94. The Morgan fingerprint density at radius 1 is 1.45 bits per heavy atom. The van der Waals surface area contributed by atoms with E-state index in [2.05, 4.69) is 10.5 Å². The largest absolute Gasteiger partial charge is 0.444 e. The molecule has 0 saturated carbocycles. The molecule has 3 heterocycles. The number of halogens is 1. The molecule has 31 heavy (non-hydrogen) atoms. The quantitative estimate of drug-likeness (QED) is 0.688. The summed E-state index contributed by atoms with van der Waals surface area (Å²) in [4.78, 5) is 19.2. The molecule has 2 aromatic heterocycles. The van der Waals surface area contributed by atoms with Crippen molar-refractivity contribution in [3.63, 3.8) is 0 Å². The molecule has 0 bridgehead atoms. The minimum atomic E-state index is -0.542. The normalized spacial score (nSPS) is 17.8. The van der Waals surface area contributed by atoms with Crippen molar-refractivity contribution in [2.24, 2.45) is 0 Å². The van der Waals surface area contributed by atoms with Crippen molar-refractivity contribution < 1.29 is 9.53 Å². The van der Waals surface area contributed by atoms with Crippen LogP contribution in [0.25, 0.3) is 11.2 Å². The van der Waals surface area contributed by atoms with Crippen molar-refractivity contribution in [1.29, 1.82) is 0 Å². The van der Waals surface area contributed by atoms with Crippen LogP contribution in [-0.4, -0.2) is 63.4 Å². The van der Waals surface area contributed by atoms with Crippen molar-refractivity contribution in [1.82, 2.24) is 29.9 Å². The van der Waals surface area contributed by atoms with E-state index in [4.69, 9.17) is 27.1 Å². The molecule has 10 heteroatoms. The number of ether oxygens (including phenoxy) is 1. The number of hydrazine groups is 1. The van der Waals surface area contributed by atoms with Gasteiger partial charge in [0.05, 0.1) is 11.9 Å². The van der Waals surface area contributed by atoms with Crippen LogP contribution in [0.5, 0.6) is 0 Å². The molecule has 3 N–H and O–H groups in total. The molecule has 1 unspecified atom stereocenters. The lowest BCUT2D eigenvalue weighted by Crippen LogP contribution is -2.42. The van der Waals surface area contributed by atoms with Gasteiger partial charge in [-0.15, -0.1) is 0 Å². The molecule has 1 aliphatic heterocycles. The molecule has 1 saturated heterocycles. The monoisotopic (exact) mass is 449 g/mol. The van der Waals surface area contributed by atoms with E-state index < -0.39 is 5.60 Å². The Morgan fingerprint density at radius 3 is 2.81 bits per heavy atom. The standard InChI is InChI=1S/C21H32ClN7O2/c1-13(11-27(6)24-5)15-10-25-29-18(23)16(22)17(26-19(15)29)14-8-7-9-28(12-14)20(30)31-21(2,3)4/h10-11,14,24H,7-9,12,23H2,1-6H3/b13-11+. The average molecular weight is 450 g/mol. The van der Waals surface area contributed by atoms with Gasteiger partial charge in [0.25, 0.3) is 0 Å². The van der Waals surface area contributed by atoms with Gasteiger partial charge in [0, 0.05) is 44.9 Å². The summed E-state index contributed by atoms with van der Waals surface area (Å²) in [5.74, 6) is 0.310. The number of rotatable bonds is 4. The Morgan fingerprint density at radius 2 is 2.16 bits per heavy atom. The van der Waals surface area contributed by atoms with Crippen LogP contribution in [0.1, 0.15) is 57.7 Å². The van der Waals surface area contributed by atoms with Gasteiger partial charge < -0.3 is 20.4 Å². The number of nitrogen functional groups attached to an aromatic ring is 1. The molecule has 3 rings (SSSR count). The third-order valence-electron chi connectivity index (χ3n) is 5.27. The molecular formula is C21H32ClN7O2. The van der Waals surface area contributed by atoms with Crippen molar-refractivity contribution in [3.05, 3.63) is 28.7 Å². The fourth-order valence-electron chi connectivity index (χ4n) is 3.68. The Kier molecular flexibility index (Phi) is 6.66. The van der Waals surface area contributed by atoms with Crippen molar-refractivity contribution in [3.8, 4) is 0 Å². The zero-order valence-corrected chi connectivity index (χ0v) is 19.8. The highest BCUT2D eigenvalue weighted by Crippen LogP contribution is 2.35. The van der Waals surface area contributed by atoms with E-state index in [0.717, 1.165) is 24.0 Å².